The molecular weight excluding hydrogens is 530 g/mol. The van der Waals surface area contributed by atoms with E-state index in [1.165, 1.54) is 13.0 Å². The van der Waals surface area contributed by atoms with Crippen molar-refractivity contribution in [1.82, 2.24) is 10.4 Å². The summed E-state index contributed by atoms with van der Waals surface area (Å²) in [4.78, 5) is 42.1. The second-order valence-corrected chi connectivity index (χ2v) is 10.0. The summed E-state index contributed by atoms with van der Waals surface area (Å²) in [5, 5.41) is 33.2. The number of nitrogens with one attached hydrogen (secondary N) is 1. The van der Waals surface area contributed by atoms with Crippen LogP contribution < -0.4 is 10.2 Å². The lowest BCUT2D eigenvalue weighted by atomic mass is 10.1. The third-order valence-electron chi connectivity index (χ3n) is 6.78. The minimum absolute atomic E-state index is 0.0213. The van der Waals surface area contributed by atoms with Crippen molar-refractivity contribution >= 4 is 23.6 Å². The zero-order valence-electron chi connectivity index (χ0n) is 23.6. The maximum Gasteiger partial charge on any atom is 0.365 e. The number of aryl methyl sites for hydroxylation is 1. The average molecular weight is 572 g/mol. The summed E-state index contributed by atoms with van der Waals surface area (Å²) < 4.78 is 5.76. The van der Waals surface area contributed by atoms with Crippen molar-refractivity contribution in [2.24, 2.45) is 0 Å². The van der Waals surface area contributed by atoms with Crippen LogP contribution in [0.2, 0.25) is 0 Å². The number of ether oxygens (including phenoxy) is 1. The fourth-order valence-corrected chi connectivity index (χ4v) is 4.61. The number of amides is 3. The highest BCUT2D eigenvalue weighted by atomic mass is 16.7. The van der Waals surface area contributed by atoms with Crippen LogP contribution in [-0.4, -0.2) is 71.1 Å². The molecular formula is C30H41N3O8. The summed E-state index contributed by atoms with van der Waals surface area (Å²) >= 11 is 0. The second-order valence-electron chi connectivity index (χ2n) is 10.0. The maximum atomic E-state index is 12.6. The molecule has 2 aromatic carbocycles. The molecule has 3 amide bonds. The standard InChI is InChI=1S/C30H41N3O8/c1-22(35)41-32-20-29(38)33(30(32)39)26-12-5-4-10-23(26)11-6-9-17-40-16-8-3-2-7-15-31-19-28(37)24-13-14-27(36)25(18-24)21-34/h4-5,10,12-14,18,28,31,34,36-37H,2-3,6-9,11,15-17,19-21H2,1H3/t28-/m1/s1. The molecule has 1 fully saturated rings. The number of nitrogens with zero attached hydrogens (tertiary/aromatic N) is 2. The number of hydroxylamine groups is 2. The van der Waals surface area contributed by atoms with Gasteiger partial charge < -0.3 is 30.2 Å². The Morgan fingerprint density at radius 1 is 1.00 bits per heavy atom. The van der Waals surface area contributed by atoms with Crippen molar-refractivity contribution in [2.75, 3.05) is 37.7 Å². The summed E-state index contributed by atoms with van der Waals surface area (Å²) in [6.07, 6.45) is 5.74. The maximum absolute atomic E-state index is 12.6. The number of hydrogen-bond donors (Lipinski definition) is 4. The number of para-hydroxylation sites is 1. The number of urea groups is 1. The number of hydrogen-bond acceptors (Lipinski definition) is 9. The van der Waals surface area contributed by atoms with Crippen LogP contribution in [0.1, 0.15) is 68.2 Å². The van der Waals surface area contributed by atoms with Gasteiger partial charge in [-0.2, -0.15) is 0 Å². The van der Waals surface area contributed by atoms with E-state index in [1.54, 1.807) is 24.3 Å². The van der Waals surface area contributed by atoms with Crippen LogP contribution >= 0.6 is 0 Å². The Morgan fingerprint density at radius 3 is 2.49 bits per heavy atom. The smallest absolute Gasteiger partial charge is 0.365 e. The number of carbonyl (C=O) groups excluding carboxylic acids is 3. The molecule has 2 aromatic rings. The fourth-order valence-electron chi connectivity index (χ4n) is 4.61. The van der Waals surface area contributed by atoms with Gasteiger partial charge in [0.25, 0.3) is 5.91 Å². The van der Waals surface area contributed by atoms with E-state index >= 15 is 0 Å². The van der Waals surface area contributed by atoms with Gasteiger partial charge in [0.2, 0.25) is 0 Å². The summed E-state index contributed by atoms with van der Waals surface area (Å²) in [5.74, 6) is -1.07. The Hall–Kier alpha value is -3.51. The molecule has 41 heavy (non-hydrogen) atoms. The molecule has 1 atom stereocenters. The Morgan fingerprint density at radius 2 is 1.73 bits per heavy atom. The summed E-state index contributed by atoms with van der Waals surface area (Å²) in [5.41, 5.74) is 2.44. The van der Waals surface area contributed by atoms with Gasteiger partial charge in [0.1, 0.15) is 12.3 Å². The van der Waals surface area contributed by atoms with Crippen molar-refractivity contribution in [3.8, 4) is 5.75 Å². The molecule has 1 aliphatic rings. The molecule has 1 saturated heterocycles. The third-order valence-corrected chi connectivity index (χ3v) is 6.78. The van der Waals surface area contributed by atoms with Crippen molar-refractivity contribution in [3.05, 3.63) is 59.2 Å². The van der Waals surface area contributed by atoms with Crippen LogP contribution in [0.5, 0.6) is 5.75 Å². The van der Waals surface area contributed by atoms with Gasteiger partial charge in [0, 0.05) is 32.2 Å². The molecule has 0 aliphatic carbocycles. The monoisotopic (exact) mass is 571 g/mol. The van der Waals surface area contributed by atoms with Crippen molar-refractivity contribution in [3.63, 3.8) is 0 Å². The van der Waals surface area contributed by atoms with E-state index in [1.807, 2.05) is 12.1 Å². The quantitative estimate of drug-likeness (QED) is 0.156. The first-order valence-corrected chi connectivity index (χ1v) is 14.1. The molecule has 0 aromatic heterocycles. The first-order valence-electron chi connectivity index (χ1n) is 14.1. The molecule has 11 heteroatoms. The highest BCUT2D eigenvalue weighted by Crippen LogP contribution is 2.27. The van der Waals surface area contributed by atoms with Crippen LogP contribution in [0.25, 0.3) is 0 Å². The normalized spacial score (nSPS) is 14.1. The number of imide groups is 1. The third kappa shape index (κ3) is 9.82. The lowest BCUT2D eigenvalue weighted by Gasteiger charge is -2.18. The molecule has 3 rings (SSSR count). The average Bonchev–Trinajstić information content (AvgIpc) is 3.22. The highest BCUT2D eigenvalue weighted by molar-refractivity contribution is 6.19. The Labute approximate surface area is 240 Å². The van der Waals surface area contributed by atoms with Gasteiger partial charge in [-0.25, -0.2) is 9.69 Å². The first kappa shape index (κ1) is 32.0. The van der Waals surface area contributed by atoms with Crippen LogP contribution in [0.4, 0.5) is 10.5 Å². The number of anilines is 1. The number of rotatable bonds is 18. The molecule has 0 bridgehead atoms. The van der Waals surface area contributed by atoms with Gasteiger partial charge in [-0.15, -0.1) is 5.06 Å². The van der Waals surface area contributed by atoms with Crippen LogP contribution in [0.3, 0.4) is 0 Å². The van der Waals surface area contributed by atoms with E-state index in [0.717, 1.165) is 60.6 Å². The molecule has 4 N–H and O–H groups in total. The van der Waals surface area contributed by atoms with E-state index in [9.17, 15) is 29.7 Å². The number of unbranched alkanes of at least 4 members (excludes halogenated alkanes) is 4. The molecule has 0 radical (unpaired) electrons. The van der Waals surface area contributed by atoms with Crippen LogP contribution in [0.15, 0.2) is 42.5 Å². The Balaban J connectivity index is 1.23. The second kappa shape index (κ2) is 16.7. The van der Waals surface area contributed by atoms with Crippen LogP contribution in [0, 0.1) is 0 Å². The van der Waals surface area contributed by atoms with E-state index < -0.39 is 24.0 Å². The number of aliphatic hydroxyl groups excluding tert-OH is 2. The van der Waals surface area contributed by atoms with Gasteiger partial charge >= 0.3 is 12.0 Å². The van der Waals surface area contributed by atoms with Gasteiger partial charge in [0.05, 0.1) is 18.4 Å². The van der Waals surface area contributed by atoms with Crippen LogP contribution in [-0.2, 0) is 32.2 Å². The van der Waals surface area contributed by atoms with E-state index in [0.29, 0.717) is 43.0 Å². The van der Waals surface area contributed by atoms with Crippen molar-refractivity contribution < 1.29 is 39.3 Å². The number of phenols is 1. The lowest BCUT2D eigenvalue weighted by molar-refractivity contribution is -0.171. The van der Waals surface area contributed by atoms with E-state index in [2.05, 4.69) is 5.32 Å². The number of aliphatic hydroxyl groups is 2. The summed E-state index contributed by atoms with van der Waals surface area (Å²) in [6.45, 7) is 3.14. The zero-order valence-corrected chi connectivity index (χ0v) is 23.6. The number of carbonyl (C=O) groups is 3. The largest absolute Gasteiger partial charge is 0.508 e. The topological polar surface area (TPSA) is 149 Å². The Bertz CT molecular complexity index is 1160. The predicted octanol–water partition coefficient (Wildman–Crippen LogP) is 3.35. The van der Waals surface area contributed by atoms with Gasteiger partial charge in [-0.3, -0.25) is 9.59 Å². The van der Waals surface area contributed by atoms with Crippen molar-refractivity contribution in [2.45, 2.75) is 64.6 Å². The molecule has 224 valence electrons. The molecule has 11 nitrogen and oxygen atoms in total. The SMILES string of the molecule is CC(=O)ON1CC(=O)N(c2ccccc2CCCCOCCCCCCNC[C@@H](O)c2ccc(O)c(CO)c2)C1=O. The van der Waals surface area contributed by atoms with E-state index in [4.69, 9.17) is 9.57 Å². The lowest BCUT2D eigenvalue weighted by Crippen LogP contribution is -2.34. The minimum Gasteiger partial charge on any atom is -0.508 e. The summed E-state index contributed by atoms with van der Waals surface area (Å²) in [7, 11) is 0. The number of aromatic hydroxyl groups is 1. The first-order chi connectivity index (χ1) is 19.8. The van der Waals surface area contributed by atoms with Crippen molar-refractivity contribution in [1.29, 1.82) is 0 Å². The predicted molar refractivity (Wildman–Crippen MR) is 152 cm³/mol. The molecule has 0 unspecified atom stereocenters. The van der Waals surface area contributed by atoms with Gasteiger partial charge in [-0.1, -0.05) is 37.1 Å². The summed E-state index contributed by atoms with van der Waals surface area (Å²) in [6, 6.07) is 11.3. The van der Waals surface area contributed by atoms with Gasteiger partial charge in [0.15, 0.2) is 0 Å². The zero-order chi connectivity index (χ0) is 29.6. The minimum atomic E-state index is -0.703. The fraction of sp³-hybridized carbons (Fsp3) is 0.500. The number of benzene rings is 2. The highest BCUT2D eigenvalue weighted by Gasteiger charge is 2.40. The molecule has 1 heterocycles. The molecule has 0 saturated carbocycles. The van der Waals surface area contributed by atoms with E-state index in [-0.39, 0.29) is 18.9 Å². The molecule has 0 spiro atoms. The molecule has 1 aliphatic heterocycles. The van der Waals surface area contributed by atoms with Gasteiger partial charge in [-0.05, 0) is 68.0 Å². The Kier molecular flexibility index (Phi) is 13.0.